The van der Waals surface area contributed by atoms with Crippen molar-refractivity contribution in [1.29, 1.82) is 0 Å². The third-order valence-corrected chi connectivity index (χ3v) is 4.86. The molecule has 22 heavy (non-hydrogen) atoms. The van der Waals surface area contributed by atoms with Crippen LogP contribution in [0.25, 0.3) is 0 Å². The zero-order chi connectivity index (χ0) is 15.7. The summed E-state index contributed by atoms with van der Waals surface area (Å²) in [5.74, 6) is 1.52. The maximum absolute atomic E-state index is 12.9. The second kappa shape index (κ2) is 5.74. The van der Waals surface area contributed by atoms with Crippen molar-refractivity contribution in [3.63, 3.8) is 0 Å². The number of piperidine rings is 1. The van der Waals surface area contributed by atoms with Gasteiger partial charge in [-0.25, -0.2) is 4.98 Å². The van der Waals surface area contributed by atoms with Crippen LogP contribution in [-0.2, 0) is 4.79 Å². The van der Waals surface area contributed by atoms with E-state index in [1.165, 1.54) is 0 Å². The highest BCUT2D eigenvalue weighted by atomic mass is 16.5. The highest BCUT2D eigenvalue weighted by Gasteiger charge is 2.49. The van der Waals surface area contributed by atoms with Gasteiger partial charge in [0.05, 0.1) is 12.5 Å². The van der Waals surface area contributed by atoms with Gasteiger partial charge in [-0.05, 0) is 33.1 Å². The van der Waals surface area contributed by atoms with Crippen LogP contribution in [0.1, 0.15) is 33.1 Å². The number of carbonyl (C=O) groups is 1. The Morgan fingerprint density at radius 2 is 2.14 bits per heavy atom. The summed E-state index contributed by atoms with van der Waals surface area (Å²) >= 11 is 0. The molecular weight excluding hydrogens is 280 g/mol. The summed E-state index contributed by atoms with van der Waals surface area (Å²) < 4.78 is 5.17. The normalized spacial score (nSPS) is 25.4. The van der Waals surface area contributed by atoms with E-state index < -0.39 is 0 Å². The first kappa shape index (κ1) is 15.1. The molecule has 1 amide bonds. The molecule has 2 aliphatic heterocycles. The van der Waals surface area contributed by atoms with E-state index in [0.29, 0.717) is 24.3 Å². The lowest BCUT2D eigenvalue weighted by atomic mass is 9.78. The number of anilines is 1. The Kier molecular flexibility index (Phi) is 3.93. The minimum Gasteiger partial charge on any atom is -0.481 e. The molecule has 0 N–H and O–H groups in total. The van der Waals surface area contributed by atoms with Crippen molar-refractivity contribution in [2.24, 2.45) is 5.41 Å². The number of carbonyl (C=O) groups excluding carboxylic acids is 1. The van der Waals surface area contributed by atoms with Gasteiger partial charge in [0.1, 0.15) is 0 Å². The maximum Gasteiger partial charge on any atom is 0.230 e. The van der Waals surface area contributed by atoms with Gasteiger partial charge in [0.25, 0.3) is 0 Å². The third-order valence-electron chi connectivity index (χ3n) is 4.86. The number of amides is 1. The van der Waals surface area contributed by atoms with Crippen molar-refractivity contribution in [3.8, 4) is 5.88 Å². The molecule has 6 heteroatoms. The molecule has 6 nitrogen and oxygen atoms in total. The lowest BCUT2D eigenvalue weighted by Crippen LogP contribution is -2.52. The summed E-state index contributed by atoms with van der Waals surface area (Å²) in [4.78, 5) is 25.8. The Hall–Kier alpha value is -1.85. The monoisotopic (exact) mass is 304 g/mol. The second-order valence-corrected chi connectivity index (χ2v) is 6.55. The fourth-order valence-electron chi connectivity index (χ4n) is 3.61. The molecule has 0 radical (unpaired) electrons. The van der Waals surface area contributed by atoms with Gasteiger partial charge in [-0.2, -0.15) is 4.98 Å². The smallest absolute Gasteiger partial charge is 0.230 e. The van der Waals surface area contributed by atoms with Crippen LogP contribution in [0.15, 0.2) is 12.3 Å². The van der Waals surface area contributed by atoms with Crippen LogP contribution in [0.3, 0.4) is 0 Å². The first-order chi connectivity index (χ1) is 10.6. The van der Waals surface area contributed by atoms with E-state index >= 15 is 0 Å². The van der Waals surface area contributed by atoms with Gasteiger partial charge in [0.2, 0.25) is 17.7 Å². The van der Waals surface area contributed by atoms with Crippen LogP contribution in [-0.4, -0.2) is 53.6 Å². The van der Waals surface area contributed by atoms with Crippen LogP contribution in [0.5, 0.6) is 5.88 Å². The van der Waals surface area contributed by atoms with Gasteiger partial charge in [-0.3, -0.25) is 4.79 Å². The quantitative estimate of drug-likeness (QED) is 0.851. The molecule has 2 fully saturated rings. The van der Waals surface area contributed by atoms with E-state index in [0.717, 1.165) is 32.4 Å². The summed E-state index contributed by atoms with van der Waals surface area (Å²) in [7, 11) is 1.60. The fourth-order valence-corrected chi connectivity index (χ4v) is 3.61. The van der Waals surface area contributed by atoms with Crippen LogP contribution >= 0.6 is 0 Å². The van der Waals surface area contributed by atoms with E-state index in [-0.39, 0.29) is 11.5 Å². The van der Waals surface area contributed by atoms with E-state index in [9.17, 15) is 4.79 Å². The summed E-state index contributed by atoms with van der Waals surface area (Å²) in [6, 6.07) is 2.01. The molecule has 120 valence electrons. The highest BCUT2D eigenvalue weighted by Crippen LogP contribution is 2.41. The SMILES string of the molecule is COc1ccnc(N2CCC3(CCCN(C(C)C)C3=O)C2)n1. The largest absolute Gasteiger partial charge is 0.481 e. The summed E-state index contributed by atoms with van der Waals surface area (Å²) in [6.45, 7) is 6.60. The standard InChI is InChI=1S/C16H24N4O2/c1-12(2)20-9-4-6-16(14(20)21)7-10-19(11-16)15-17-8-5-13(18-15)22-3/h5,8,12H,4,6-7,9-11H2,1-3H3. The van der Waals surface area contributed by atoms with Crippen molar-refractivity contribution in [2.45, 2.75) is 39.2 Å². The van der Waals surface area contributed by atoms with Gasteiger partial charge in [0, 0.05) is 37.9 Å². The highest BCUT2D eigenvalue weighted by molar-refractivity contribution is 5.85. The van der Waals surface area contributed by atoms with Crippen molar-refractivity contribution in [3.05, 3.63) is 12.3 Å². The van der Waals surface area contributed by atoms with Crippen LogP contribution in [0.2, 0.25) is 0 Å². The Bertz CT molecular complexity index is 563. The predicted molar refractivity (Wildman–Crippen MR) is 83.9 cm³/mol. The number of hydrogen-bond acceptors (Lipinski definition) is 5. The van der Waals surface area contributed by atoms with Gasteiger partial charge >= 0.3 is 0 Å². The molecule has 0 aliphatic carbocycles. The molecular formula is C16H24N4O2. The van der Waals surface area contributed by atoms with Crippen molar-refractivity contribution in [1.82, 2.24) is 14.9 Å². The Labute approximate surface area is 131 Å². The first-order valence-corrected chi connectivity index (χ1v) is 7.99. The zero-order valence-corrected chi connectivity index (χ0v) is 13.6. The Balaban J connectivity index is 1.79. The molecule has 0 saturated carbocycles. The lowest BCUT2D eigenvalue weighted by molar-refractivity contribution is -0.147. The van der Waals surface area contributed by atoms with Crippen molar-refractivity contribution in [2.75, 3.05) is 31.6 Å². The molecule has 0 bridgehead atoms. The van der Waals surface area contributed by atoms with Crippen LogP contribution < -0.4 is 9.64 Å². The van der Waals surface area contributed by atoms with Gasteiger partial charge in [-0.1, -0.05) is 0 Å². The van der Waals surface area contributed by atoms with Crippen LogP contribution in [0, 0.1) is 5.41 Å². The van der Waals surface area contributed by atoms with Gasteiger partial charge < -0.3 is 14.5 Å². The third kappa shape index (κ3) is 2.51. The lowest BCUT2D eigenvalue weighted by Gasteiger charge is -2.41. The van der Waals surface area contributed by atoms with E-state index in [1.54, 1.807) is 19.4 Å². The van der Waals surface area contributed by atoms with E-state index in [1.807, 2.05) is 4.90 Å². The molecule has 0 aromatic carbocycles. The molecule has 2 aliphatic rings. The number of rotatable bonds is 3. The summed E-state index contributed by atoms with van der Waals surface area (Å²) in [6.07, 6.45) is 4.64. The summed E-state index contributed by atoms with van der Waals surface area (Å²) in [5, 5.41) is 0. The predicted octanol–water partition coefficient (Wildman–Crippen LogP) is 1.71. The molecule has 1 spiro atoms. The molecule has 1 unspecified atom stereocenters. The first-order valence-electron chi connectivity index (χ1n) is 7.99. The molecule has 2 saturated heterocycles. The second-order valence-electron chi connectivity index (χ2n) is 6.55. The van der Waals surface area contributed by atoms with Crippen molar-refractivity contribution < 1.29 is 9.53 Å². The minimum atomic E-state index is -0.255. The number of ether oxygens (including phenoxy) is 1. The number of methoxy groups -OCH3 is 1. The van der Waals surface area contributed by atoms with Crippen molar-refractivity contribution >= 4 is 11.9 Å². The zero-order valence-electron chi connectivity index (χ0n) is 13.6. The fraction of sp³-hybridized carbons (Fsp3) is 0.688. The molecule has 1 atom stereocenters. The number of nitrogens with zero attached hydrogens (tertiary/aromatic N) is 4. The minimum absolute atomic E-state index is 0.255. The maximum atomic E-state index is 12.9. The Morgan fingerprint density at radius 3 is 2.86 bits per heavy atom. The number of aromatic nitrogens is 2. The van der Waals surface area contributed by atoms with Gasteiger partial charge in [-0.15, -0.1) is 0 Å². The van der Waals surface area contributed by atoms with Gasteiger partial charge in [0.15, 0.2) is 0 Å². The summed E-state index contributed by atoms with van der Waals surface area (Å²) in [5.41, 5.74) is -0.255. The molecule has 3 rings (SSSR count). The average Bonchev–Trinajstić information content (AvgIpc) is 2.95. The van der Waals surface area contributed by atoms with E-state index in [4.69, 9.17) is 4.74 Å². The van der Waals surface area contributed by atoms with Crippen LogP contribution in [0.4, 0.5) is 5.95 Å². The molecule has 1 aromatic rings. The Morgan fingerprint density at radius 1 is 1.32 bits per heavy atom. The molecule has 3 heterocycles. The topological polar surface area (TPSA) is 58.6 Å². The average molecular weight is 304 g/mol. The molecule has 1 aromatic heterocycles. The van der Waals surface area contributed by atoms with E-state index in [2.05, 4.69) is 28.7 Å². The number of hydrogen-bond donors (Lipinski definition) is 0. The number of likely N-dealkylation sites (tertiary alicyclic amines) is 1.